The normalized spacial score (nSPS) is 12.6. The minimum absolute atomic E-state index is 0.265. The van der Waals surface area contributed by atoms with E-state index in [0.29, 0.717) is 13.0 Å². The molecule has 2 aromatic carbocycles. The Kier molecular flexibility index (Phi) is 5.13. The van der Waals surface area contributed by atoms with Gasteiger partial charge >= 0.3 is 5.69 Å². The molecule has 7 heteroatoms. The number of fused-ring (bicyclic) bond motifs is 2. The minimum atomic E-state index is -0.359. The number of rotatable bonds is 5. The maximum Gasteiger partial charge on any atom is 0.328 e. The molecule has 5 nitrogen and oxygen atoms in total. The Morgan fingerprint density at radius 3 is 2.63 bits per heavy atom. The quantitative estimate of drug-likeness (QED) is 0.661. The van der Waals surface area contributed by atoms with Crippen molar-refractivity contribution in [3.63, 3.8) is 0 Å². The van der Waals surface area contributed by atoms with E-state index in [2.05, 4.69) is 46.5 Å². The van der Waals surface area contributed by atoms with Gasteiger partial charge in [0.05, 0.1) is 11.4 Å². The first-order chi connectivity index (χ1) is 13.2. The fourth-order valence-electron chi connectivity index (χ4n) is 3.23. The summed E-state index contributed by atoms with van der Waals surface area (Å²) in [5, 5.41) is 0. The highest BCUT2D eigenvalue weighted by Crippen LogP contribution is 2.48. The van der Waals surface area contributed by atoms with Crippen LogP contribution < -0.4 is 16.1 Å². The van der Waals surface area contributed by atoms with Gasteiger partial charge in [-0.05, 0) is 43.0 Å². The van der Waals surface area contributed by atoms with Crippen LogP contribution in [0.25, 0.3) is 0 Å². The van der Waals surface area contributed by atoms with Crippen molar-refractivity contribution in [2.45, 2.75) is 27.7 Å². The van der Waals surface area contributed by atoms with Crippen molar-refractivity contribution in [1.29, 1.82) is 0 Å². The van der Waals surface area contributed by atoms with Crippen LogP contribution in [0.2, 0.25) is 0 Å². The van der Waals surface area contributed by atoms with Gasteiger partial charge in [-0.15, -0.1) is 11.8 Å². The predicted molar refractivity (Wildman–Crippen MR) is 112 cm³/mol. The van der Waals surface area contributed by atoms with Crippen LogP contribution in [-0.4, -0.2) is 22.4 Å². The van der Waals surface area contributed by atoms with Crippen LogP contribution in [0.15, 0.2) is 79.0 Å². The predicted octanol–water partition coefficient (Wildman–Crippen LogP) is 3.95. The third-order valence-electron chi connectivity index (χ3n) is 4.54. The molecule has 138 valence electrons. The molecule has 1 aliphatic rings. The van der Waals surface area contributed by atoms with Gasteiger partial charge in [-0.1, -0.05) is 23.9 Å². The summed E-state index contributed by atoms with van der Waals surface area (Å²) in [7, 11) is 0. The van der Waals surface area contributed by atoms with Crippen molar-refractivity contribution in [1.82, 2.24) is 9.55 Å². The number of nitrogens with zero attached hydrogens (tertiary/aromatic N) is 2. The number of para-hydroxylation sites is 1. The highest BCUT2D eigenvalue weighted by molar-refractivity contribution is 8.00. The second-order valence-electron chi connectivity index (χ2n) is 6.18. The summed E-state index contributed by atoms with van der Waals surface area (Å²) in [5.41, 5.74) is 1.73. The molecule has 0 aliphatic carbocycles. The molecule has 0 atom stereocenters. The van der Waals surface area contributed by atoms with Gasteiger partial charge in [-0.25, -0.2) is 4.79 Å². The van der Waals surface area contributed by atoms with E-state index in [9.17, 15) is 9.59 Å². The van der Waals surface area contributed by atoms with Crippen LogP contribution in [0.1, 0.15) is 6.42 Å². The highest BCUT2D eigenvalue weighted by atomic mass is 32.2. The van der Waals surface area contributed by atoms with Crippen LogP contribution in [-0.2, 0) is 6.54 Å². The molecule has 1 N–H and O–H groups in total. The van der Waals surface area contributed by atoms with Crippen LogP contribution >= 0.6 is 23.5 Å². The van der Waals surface area contributed by atoms with Crippen molar-refractivity contribution >= 4 is 34.9 Å². The fourth-order valence-corrected chi connectivity index (χ4v) is 4.74. The zero-order chi connectivity index (χ0) is 18.8. The van der Waals surface area contributed by atoms with E-state index in [1.54, 1.807) is 23.5 Å². The number of hydrogen-bond donors (Lipinski definition) is 1. The van der Waals surface area contributed by atoms with Gasteiger partial charge in [0, 0.05) is 40.0 Å². The summed E-state index contributed by atoms with van der Waals surface area (Å²) in [6, 6.07) is 16.3. The second-order valence-corrected chi connectivity index (χ2v) is 8.14. The molecule has 3 aromatic rings. The summed E-state index contributed by atoms with van der Waals surface area (Å²) >= 11 is 3.50. The smallest absolute Gasteiger partial charge is 0.328 e. The second kappa shape index (κ2) is 7.70. The first-order valence-corrected chi connectivity index (χ1v) is 10.7. The van der Waals surface area contributed by atoms with Crippen molar-refractivity contribution in [3.8, 4) is 0 Å². The van der Waals surface area contributed by atoms with E-state index in [1.165, 1.54) is 42.9 Å². The first kappa shape index (κ1) is 18.0. The third-order valence-corrected chi connectivity index (χ3v) is 6.40. The molecule has 2 heterocycles. The molecule has 1 aromatic heterocycles. The van der Waals surface area contributed by atoms with Crippen molar-refractivity contribution in [2.75, 3.05) is 17.7 Å². The molecule has 1 aliphatic heterocycles. The van der Waals surface area contributed by atoms with Gasteiger partial charge in [0.25, 0.3) is 5.56 Å². The van der Waals surface area contributed by atoms with Gasteiger partial charge in [0.2, 0.25) is 0 Å². The third kappa shape index (κ3) is 3.57. The molecular formula is C20H19N3O2S2. The Morgan fingerprint density at radius 2 is 1.81 bits per heavy atom. The minimum Gasteiger partial charge on any atom is -0.340 e. The highest BCUT2D eigenvalue weighted by Gasteiger charge is 2.23. The number of aromatic nitrogens is 2. The Morgan fingerprint density at radius 1 is 1.00 bits per heavy atom. The standard InChI is InChI=1S/C20H19N3O2S2/c1-26-14-7-8-18-16(13-14)22(15-5-2-3-6-17(15)27-18)11-4-12-23-19(24)9-10-21-20(23)25/h2-3,5-10,13H,4,11-12H2,1H3,(H,21,25). The zero-order valence-corrected chi connectivity index (χ0v) is 16.5. The number of hydrogen-bond acceptors (Lipinski definition) is 5. The maximum atomic E-state index is 11.9. The summed E-state index contributed by atoms with van der Waals surface area (Å²) < 4.78 is 1.25. The molecule has 4 rings (SSSR count). The molecular weight excluding hydrogens is 378 g/mol. The van der Waals surface area contributed by atoms with E-state index in [4.69, 9.17) is 0 Å². The lowest BCUT2D eigenvalue weighted by molar-refractivity contribution is 0.592. The lowest BCUT2D eigenvalue weighted by Gasteiger charge is -2.33. The van der Waals surface area contributed by atoms with Crippen molar-refractivity contribution in [3.05, 3.63) is 75.6 Å². The lowest BCUT2D eigenvalue weighted by Crippen LogP contribution is -2.35. The SMILES string of the molecule is CSc1ccc2c(c1)N(CCCn1c(=O)cc[nH]c1=O)c1ccccc1S2. The molecule has 0 amide bonds. The van der Waals surface area contributed by atoms with Crippen LogP contribution in [0.4, 0.5) is 11.4 Å². The van der Waals surface area contributed by atoms with Gasteiger partial charge in [-0.3, -0.25) is 9.36 Å². The fraction of sp³-hybridized carbons (Fsp3) is 0.200. The lowest BCUT2D eigenvalue weighted by atomic mass is 10.2. The van der Waals surface area contributed by atoms with Gasteiger partial charge < -0.3 is 9.88 Å². The van der Waals surface area contributed by atoms with Crippen LogP contribution in [0.3, 0.4) is 0 Å². The monoisotopic (exact) mass is 397 g/mol. The average Bonchev–Trinajstić information content (AvgIpc) is 2.69. The van der Waals surface area contributed by atoms with Crippen LogP contribution in [0.5, 0.6) is 0 Å². The van der Waals surface area contributed by atoms with Crippen molar-refractivity contribution in [2.24, 2.45) is 0 Å². The van der Waals surface area contributed by atoms with Gasteiger partial charge in [0.15, 0.2) is 0 Å². The van der Waals surface area contributed by atoms with E-state index in [1.807, 2.05) is 12.1 Å². The molecule has 0 saturated heterocycles. The van der Waals surface area contributed by atoms with Crippen molar-refractivity contribution < 1.29 is 0 Å². The van der Waals surface area contributed by atoms with E-state index >= 15 is 0 Å². The molecule has 0 saturated carbocycles. The first-order valence-electron chi connectivity index (χ1n) is 8.68. The van der Waals surface area contributed by atoms with Gasteiger partial charge in [-0.2, -0.15) is 0 Å². The topological polar surface area (TPSA) is 58.1 Å². The number of H-pyrrole nitrogens is 1. The average molecular weight is 398 g/mol. The Balaban J connectivity index is 1.63. The summed E-state index contributed by atoms with van der Waals surface area (Å²) in [6.45, 7) is 1.11. The van der Waals surface area contributed by atoms with Crippen LogP contribution in [0, 0.1) is 0 Å². The number of aromatic amines is 1. The number of anilines is 2. The van der Waals surface area contributed by atoms with E-state index in [-0.39, 0.29) is 11.2 Å². The van der Waals surface area contributed by atoms with Gasteiger partial charge in [0.1, 0.15) is 0 Å². The number of nitrogens with one attached hydrogen (secondary N) is 1. The molecule has 0 unspecified atom stereocenters. The Hall–Kier alpha value is -2.38. The molecule has 0 bridgehead atoms. The number of benzene rings is 2. The Bertz CT molecular complexity index is 1060. The Labute approximate surface area is 165 Å². The molecule has 0 fully saturated rings. The summed E-state index contributed by atoms with van der Waals surface area (Å²) in [4.78, 5) is 32.3. The number of thioether (sulfide) groups is 1. The zero-order valence-electron chi connectivity index (χ0n) is 14.8. The van der Waals surface area contributed by atoms with E-state index in [0.717, 1.165) is 6.54 Å². The largest absolute Gasteiger partial charge is 0.340 e. The van der Waals surface area contributed by atoms with E-state index < -0.39 is 0 Å². The maximum absolute atomic E-state index is 11.9. The summed E-state index contributed by atoms with van der Waals surface area (Å²) in [6.07, 6.45) is 4.15. The molecule has 0 spiro atoms. The summed E-state index contributed by atoms with van der Waals surface area (Å²) in [5.74, 6) is 0. The molecule has 27 heavy (non-hydrogen) atoms. The molecule has 0 radical (unpaired) electrons.